The van der Waals surface area contributed by atoms with E-state index in [-0.39, 0.29) is 12.7 Å². The van der Waals surface area contributed by atoms with Crippen molar-refractivity contribution >= 4 is 5.91 Å². The Morgan fingerprint density at radius 3 is 2.81 bits per heavy atom. The lowest BCUT2D eigenvalue weighted by molar-refractivity contribution is 0.0583. The molecule has 1 aromatic rings. The summed E-state index contributed by atoms with van der Waals surface area (Å²) in [6.45, 7) is 2.71. The second kappa shape index (κ2) is 6.35. The lowest BCUT2D eigenvalue weighted by Gasteiger charge is -2.25. The number of carbonyl (C=O) groups excluding carboxylic acids is 1. The van der Waals surface area contributed by atoms with Gasteiger partial charge in [0.05, 0.1) is 0 Å². The van der Waals surface area contributed by atoms with E-state index in [1.54, 1.807) is 23.1 Å². The predicted molar refractivity (Wildman–Crippen MR) is 77.7 cm³/mol. The van der Waals surface area contributed by atoms with Gasteiger partial charge in [-0.25, -0.2) is 0 Å². The van der Waals surface area contributed by atoms with Crippen molar-refractivity contribution < 1.29 is 19.0 Å². The van der Waals surface area contributed by atoms with Gasteiger partial charge in [-0.2, -0.15) is 0 Å². The van der Waals surface area contributed by atoms with Crippen molar-refractivity contribution in [2.45, 2.75) is 19.3 Å². The Bertz CT molecular complexity index is 511. The molecule has 5 heteroatoms. The minimum atomic E-state index is 0.0281. The molecule has 0 saturated carbocycles. The lowest BCUT2D eigenvalue weighted by atomic mass is 9.96. The summed E-state index contributed by atoms with van der Waals surface area (Å²) in [6.07, 6.45) is 3.24. The van der Waals surface area contributed by atoms with Crippen molar-refractivity contribution in [3.05, 3.63) is 23.8 Å². The van der Waals surface area contributed by atoms with E-state index in [1.165, 1.54) is 0 Å². The smallest absolute Gasteiger partial charge is 0.253 e. The van der Waals surface area contributed by atoms with Gasteiger partial charge < -0.3 is 19.1 Å². The standard InChI is InChI=1S/C16H21NO4/c1-17(7-4-12-5-8-19-9-6-12)16(18)13-2-3-14-15(10-13)21-11-20-14/h2-3,10,12H,4-9,11H2,1H3. The van der Waals surface area contributed by atoms with Crippen molar-refractivity contribution in [2.24, 2.45) is 5.92 Å². The predicted octanol–water partition coefficient (Wildman–Crippen LogP) is 2.30. The van der Waals surface area contributed by atoms with Crippen LogP contribution in [-0.4, -0.2) is 44.4 Å². The summed E-state index contributed by atoms with van der Waals surface area (Å²) in [5.74, 6) is 2.06. The maximum absolute atomic E-state index is 12.4. The maximum Gasteiger partial charge on any atom is 0.253 e. The molecule has 2 heterocycles. The van der Waals surface area contributed by atoms with Crippen LogP contribution >= 0.6 is 0 Å². The number of rotatable bonds is 4. The first-order valence-corrected chi connectivity index (χ1v) is 7.47. The fourth-order valence-corrected chi connectivity index (χ4v) is 2.76. The zero-order valence-corrected chi connectivity index (χ0v) is 12.3. The Morgan fingerprint density at radius 1 is 1.24 bits per heavy atom. The number of hydrogen-bond donors (Lipinski definition) is 0. The van der Waals surface area contributed by atoms with Gasteiger partial charge >= 0.3 is 0 Å². The molecule has 0 aromatic heterocycles. The zero-order valence-electron chi connectivity index (χ0n) is 12.3. The molecule has 0 unspecified atom stereocenters. The molecule has 1 aromatic carbocycles. The number of ether oxygens (including phenoxy) is 3. The first-order valence-electron chi connectivity index (χ1n) is 7.47. The van der Waals surface area contributed by atoms with E-state index in [1.807, 2.05) is 7.05 Å². The normalized spacial score (nSPS) is 17.8. The SMILES string of the molecule is CN(CCC1CCOCC1)C(=O)c1ccc2c(c1)OCO2. The molecule has 0 spiro atoms. The Labute approximate surface area is 124 Å². The van der Waals surface area contributed by atoms with Crippen LogP contribution in [0.3, 0.4) is 0 Å². The van der Waals surface area contributed by atoms with E-state index >= 15 is 0 Å². The maximum atomic E-state index is 12.4. The fraction of sp³-hybridized carbons (Fsp3) is 0.562. The summed E-state index contributed by atoms with van der Waals surface area (Å²) in [5.41, 5.74) is 0.647. The molecular weight excluding hydrogens is 270 g/mol. The van der Waals surface area contributed by atoms with Gasteiger partial charge in [0.15, 0.2) is 11.5 Å². The number of fused-ring (bicyclic) bond motifs is 1. The van der Waals surface area contributed by atoms with Crippen molar-refractivity contribution in [1.29, 1.82) is 0 Å². The third-order valence-corrected chi connectivity index (χ3v) is 4.18. The second-order valence-corrected chi connectivity index (χ2v) is 5.64. The van der Waals surface area contributed by atoms with Crippen LogP contribution in [0.4, 0.5) is 0 Å². The van der Waals surface area contributed by atoms with Crippen LogP contribution in [0, 0.1) is 5.92 Å². The van der Waals surface area contributed by atoms with E-state index in [9.17, 15) is 4.79 Å². The van der Waals surface area contributed by atoms with Crippen LogP contribution < -0.4 is 9.47 Å². The Balaban J connectivity index is 1.56. The highest BCUT2D eigenvalue weighted by atomic mass is 16.7. The first kappa shape index (κ1) is 14.2. The van der Waals surface area contributed by atoms with Crippen molar-refractivity contribution in [3.63, 3.8) is 0 Å². The van der Waals surface area contributed by atoms with Gasteiger partial charge in [0.25, 0.3) is 5.91 Å². The number of carbonyl (C=O) groups is 1. The highest BCUT2D eigenvalue weighted by Crippen LogP contribution is 2.32. The molecule has 5 nitrogen and oxygen atoms in total. The van der Waals surface area contributed by atoms with E-state index < -0.39 is 0 Å². The summed E-state index contributed by atoms with van der Waals surface area (Å²) < 4.78 is 15.9. The van der Waals surface area contributed by atoms with Crippen molar-refractivity contribution in [1.82, 2.24) is 4.90 Å². The van der Waals surface area contributed by atoms with Gasteiger partial charge in [-0.15, -0.1) is 0 Å². The van der Waals surface area contributed by atoms with Gasteiger partial charge in [0.2, 0.25) is 6.79 Å². The molecule has 3 rings (SSSR count). The summed E-state index contributed by atoms with van der Waals surface area (Å²) in [6, 6.07) is 5.35. The first-order chi connectivity index (χ1) is 10.2. The molecule has 21 heavy (non-hydrogen) atoms. The summed E-state index contributed by atoms with van der Waals surface area (Å²) in [7, 11) is 1.85. The van der Waals surface area contributed by atoms with Gasteiger partial charge in [0.1, 0.15) is 0 Å². The number of amides is 1. The molecular formula is C16H21NO4. The molecule has 0 aliphatic carbocycles. The summed E-state index contributed by atoms with van der Waals surface area (Å²) >= 11 is 0. The van der Waals surface area contributed by atoms with Gasteiger partial charge in [0, 0.05) is 32.4 Å². The average Bonchev–Trinajstić information content (AvgIpc) is 3.00. The summed E-state index contributed by atoms with van der Waals surface area (Å²) in [4.78, 5) is 14.2. The monoisotopic (exact) mass is 291 g/mol. The van der Waals surface area contributed by atoms with Crippen LogP contribution in [0.5, 0.6) is 11.5 Å². The average molecular weight is 291 g/mol. The fourth-order valence-electron chi connectivity index (χ4n) is 2.76. The van der Waals surface area contributed by atoms with Crippen molar-refractivity contribution in [3.8, 4) is 11.5 Å². The van der Waals surface area contributed by atoms with Crippen LogP contribution in [0.2, 0.25) is 0 Å². The Hall–Kier alpha value is -1.75. The van der Waals surface area contributed by atoms with E-state index in [4.69, 9.17) is 14.2 Å². The van der Waals surface area contributed by atoms with Crippen molar-refractivity contribution in [2.75, 3.05) is 33.6 Å². The molecule has 1 amide bonds. The molecule has 1 saturated heterocycles. The zero-order chi connectivity index (χ0) is 14.7. The highest BCUT2D eigenvalue weighted by Gasteiger charge is 2.20. The van der Waals surface area contributed by atoms with Gasteiger partial charge in [-0.05, 0) is 43.4 Å². The van der Waals surface area contributed by atoms with Crippen LogP contribution in [0.25, 0.3) is 0 Å². The number of nitrogens with zero attached hydrogens (tertiary/aromatic N) is 1. The Morgan fingerprint density at radius 2 is 2.00 bits per heavy atom. The molecule has 0 bridgehead atoms. The molecule has 1 fully saturated rings. The lowest BCUT2D eigenvalue weighted by Crippen LogP contribution is -2.30. The van der Waals surface area contributed by atoms with E-state index in [0.717, 1.165) is 39.0 Å². The van der Waals surface area contributed by atoms with Crippen LogP contribution in [-0.2, 0) is 4.74 Å². The third kappa shape index (κ3) is 3.29. The minimum absolute atomic E-state index is 0.0281. The third-order valence-electron chi connectivity index (χ3n) is 4.18. The quantitative estimate of drug-likeness (QED) is 0.854. The van der Waals surface area contributed by atoms with E-state index in [0.29, 0.717) is 23.0 Å². The Kier molecular flexibility index (Phi) is 4.29. The molecule has 0 radical (unpaired) electrons. The largest absolute Gasteiger partial charge is 0.454 e. The highest BCUT2D eigenvalue weighted by molar-refractivity contribution is 5.94. The molecule has 114 valence electrons. The molecule has 0 N–H and O–H groups in total. The number of hydrogen-bond acceptors (Lipinski definition) is 4. The van der Waals surface area contributed by atoms with Crippen LogP contribution in [0.15, 0.2) is 18.2 Å². The summed E-state index contributed by atoms with van der Waals surface area (Å²) in [5, 5.41) is 0. The van der Waals surface area contributed by atoms with E-state index in [2.05, 4.69) is 0 Å². The number of benzene rings is 1. The molecule has 2 aliphatic heterocycles. The molecule has 0 atom stereocenters. The molecule has 2 aliphatic rings. The second-order valence-electron chi connectivity index (χ2n) is 5.64. The minimum Gasteiger partial charge on any atom is -0.454 e. The topological polar surface area (TPSA) is 48.0 Å². The van der Waals surface area contributed by atoms with Gasteiger partial charge in [-0.3, -0.25) is 4.79 Å². The van der Waals surface area contributed by atoms with Gasteiger partial charge in [-0.1, -0.05) is 0 Å². The van der Waals surface area contributed by atoms with Crippen LogP contribution in [0.1, 0.15) is 29.6 Å².